The lowest BCUT2D eigenvalue weighted by atomic mass is 9.82. The van der Waals surface area contributed by atoms with Crippen molar-refractivity contribution in [2.24, 2.45) is 5.41 Å². The van der Waals surface area contributed by atoms with Gasteiger partial charge in [0.15, 0.2) is 6.20 Å². The van der Waals surface area contributed by atoms with Crippen LogP contribution < -0.4 is 15.4 Å². The van der Waals surface area contributed by atoms with Crippen molar-refractivity contribution in [1.29, 1.82) is 0 Å². The van der Waals surface area contributed by atoms with Crippen LogP contribution in [0.4, 0.5) is 14.9 Å². The van der Waals surface area contributed by atoms with Crippen LogP contribution in [0.25, 0.3) is 0 Å². The summed E-state index contributed by atoms with van der Waals surface area (Å²) in [5.41, 5.74) is 0.928. The second-order valence-electron chi connectivity index (χ2n) is 6.40. The normalized spacial score (nSPS) is 12.5. The summed E-state index contributed by atoms with van der Waals surface area (Å²) in [6.45, 7) is 5.94. The van der Waals surface area contributed by atoms with Crippen LogP contribution in [-0.2, 0) is 0 Å². The van der Waals surface area contributed by atoms with Gasteiger partial charge in [-0.2, -0.15) is 4.73 Å². The van der Waals surface area contributed by atoms with Crippen molar-refractivity contribution < 1.29 is 13.9 Å². The molecule has 2 aromatic rings. The Labute approximate surface area is 134 Å². The molecule has 1 atom stereocenters. The van der Waals surface area contributed by atoms with Gasteiger partial charge in [-0.05, 0) is 29.2 Å². The molecule has 0 spiro atoms. The van der Waals surface area contributed by atoms with E-state index in [9.17, 15) is 14.4 Å². The van der Waals surface area contributed by atoms with Crippen molar-refractivity contribution in [3.63, 3.8) is 0 Å². The van der Waals surface area contributed by atoms with Crippen molar-refractivity contribution in [1.82, 2.24) is 5.32 Å². The predicted octanol–water partition coefficient (Wildman–Crippen LogP) is 3.37. The average molecular weight is 317 g/mol. The van der Waals surface area contributed by atoms with Gasteiger partial charge in [-0.1, -0.05) is 32.9 Å². The molecule has 1 aromatic heterocycles. The van der Waals surface area contributed by atoms with E-state index < -0.39 is 6.03 Å². The van der Waals surface area contributed by atoms with Gasteiger partial charge in [0.1, 0.15) is 11.5 Å². The summed E-state index contributed by atoms with van der Waals surface area (Å²) in [6, 6.07) is 8.46. The van der Waals surface area contributed by atoms with Crippen LogP contribution in [0.15, 0.2) is 48.8 Å². The van der Waals surface area contributed by atoms with Gasteiger partial charge in [-0.15, -0.1) is 0 Å². The number of anilines is 1. The zero-order chi connectivity index (χ0) is 17.0. The fourth-order valence-electron chi connectivity index (χ4n) is 2.28. The highest BCUT2D eigenvalue weighted by molar-refractivity contribution is 5.89. The Morgan fingerprint density at radius 1 is 1.22 bits per heavy atom. The molecule has 6 heteroatoms. The van der Waals surface area contributed by atoms with Crippen LogP contribution in [0.5, 0.6) is 0 Å². The first kappa shape index (κ1) is 16.7. The van der Waals surface area contributed by atoms with Crippen molar-refractivity contribution in [2.45, 2.75) is 26.8 Å². The highest BCUT2D eigenvalue weighted by Crippen LogP contribution is 2.32. The Bertz CT molecular complexity index is 681. The molecule has 0 saturated heterocycles. The molecular weight excluding hydrogens is 297 g/mol. The van der Waals surface area contributed by atoms with E-state index in [0.29, 0.717) is 10.4 Å². The molecule has 1 heterocycles. The van der Waals surface area contributed by atoms with Crippen LogP contribution in [0.2, 0.25) is 0 Å². The molecular formula is C17H20FN3O2. The maximum absolute atomic E-state index is 13.1. The lowest BCUT2D eigenvalue weighted by Gasteiger charge is -2.32. The fraction of sp³-hybridized carbons (Fsp3) is 0.294. The maximum atomic E-state index is 13.1. The van der Waals surface area contributed by atoms with E-state index in [1.54, 1.807) is 24.3 Å². The van der Waals surface area contributed by atoms with Crippen molar-refractivity contribution >= 4 is 11.7 Å². The monoisotopic (exact) mass is 317 g/mol. The number of halogens is 1. The first-order valence-corrected chi connectivity index (χ1v) is 7.27. The molecule has 0 bridgehead atoms. The summed E-state index contributed by atoms with van der Waals surface area (Å²) >= 11 is 0. The molecule has 0 fully saturated rings. The third-order valence-corrected chi connectivity index (χ3v) is 3.38. The lowest BCUT2D eigenvalue weighted by Crippen LogP contribution is -2.39. The number of nitrogens with one attached hydrogen (secondary N) is 2. The van der Waals surface area contributed by atoms with Gasteiger partial charge in [0.25, 0.3) is 0 Å². The van der Waals surface area contributed by atoms with Crippen LogP contribution in [0, 0.1) is 16.4 Å². The summed E-state index contributed by atoms with van der Waals surface area (Å²) in [7, 11) is 0. The number of rotatable bonds is 3. The van der Waals surface area contributed by atoms with Gasteiger partial charge < -0.3 is 15.8 Å². The minimum absolute atomic E-state index is 0.274. The summed E-state index contributed by atoms with van der Waals surface area (Å²) < 4.78 is 13.7. The van der Waals surface area contributed by atoms with E-state index in [1.165, 1.54) is 24.5 Å². The molecule has 1 aromatic carbocycles. The minimum atomic E-state index is -0.430. The van der Waals surface area contributed by atoms with Crippen molar-refractivity contribution in [2.75, 3.05) is 5.32 Å². The number of hydrogen-bond donors (Lipinski definition) is 2. The van der Waals surface area contributed by atoms with Gasteiger partial charge >= 0.3 is 6.03 Å². The van der Waals surface area contributed by atoms with E-state index >= 15 is 0 Å². The smallest absolute Gasteiger partial charge is 0.319 e. The molecule has 5 nitrogen and oxygen atoms in total. The van der Waals surface area contributed by atoms with Gasteiger partial charge in [0.05, 0.1) is 6.04 Å². The molecule has 0 aliphatic rings. The number of amides is 2. The quantitative estimate of drug-likeness (QED) is 0.673. The minimum Gasteiger partial charge on any atom is -0.619 e. The SMILES string of the molecule is CC(C)(C)C(NC(=O)Nc1ccc[n+]([O-])c1)c1ccc(F)cc1. The summed E-state index contributed by atoms with van der Waals surface area (Å²) in [6.07, 6.45) is 2.60. The number of urea groups is 1. The first-order chi connectivity index (χ1) is 10.8. The third kappa shape index (κ3) is 4.67. The number of pyridine rings is 1. The Hall–Kier alpha value is -2.63. The Balaban J connectivity index is 2.15. The predicted molar refractivity (Wildman–Crippen MR) is 86.2 cm³/mol. The number of aromatic nitrogens is 1. The zero-order valence-corrected chi connectivity index (χ0v) is 13.3. The van der Waals surface area contributed by atoms with Crippen LogP contribution in [0.1, 0.15) is 32.4 Å². The van der Waals surface area contributed by atoms with E-state index in [2.05, 4.69) is 10.6 Å². The maximum Gasteiger partial charge on any atom is 0.319 e. The summed E-state index contributed by atoms with van der Waals surface area (Å²) in [4.78, 5) is 12.2. The number of carbonyl (C=O) groups excluding carboxylic acids is 1. The molecule has 0 radical (unpaired) electrons. The zero-order valence-electron chi connectivity index (χ0n) is 13.3. The summed E-state index contributed by atoms with van der Waals surface area (Å²) in [5.74, 6) is -0.324. The van der Waals surface area contributed by atoms with Gasteiger partial charge in [-0.3, -0.25) is 0 Å². The largest absolute Gasteiger partial charge is 0.619 e. The summed E-state index contributed by atoms with van der Waals surface area (Å²) in [5, 5.41) is 16.7. The molecule has 2 N–H and O–H groups in total. The van der Waals surface area contributed by atoms with Gasteiger partial charge in [-0.25, -0.2) is 9.18 Å². The standard InChI is InChI=1S/C17H20FN3O2/c1-17(2,3)15(12-6-8-13(18)9-7-12)20-16(22)19-14-5-4-10-21(23)11-14/h4-11,15H,1-3H3,(H2,19,20,22). The second-order valence-corrected chi connectivity index (χ2v) is 6.40. The molecule has 0 aliphatic heterocycles. The molecule has 1 unspecified atom stereocenters. The lowest BCUT2D eigenvalue weighted by molar-refractivity contribution is -0.604. The van der Waals surface area contributed by atoms with E-state index in [0.717, 1.165) is 5.56 Å². The Kier molecular flexibility index (Phi) is 4.83. The van der Waals surface area contributed by atoms with Crippen LogP contribution in [-0.4, -0.2) is 6.03 Å². The van der Waals surface area contributed by atoms with Crippen LogP contribution in [0.3, 0.4) is 0 Å². The third-order valence-electron chi connectivity index (χ3n) is 3.38. The van der Waals surface area contributed by atoms with E-state index in [-0.39, 0.29) is 17.3 Å². The molecule has 0 aliphatic carbocycles. The number of nitrogens with zero attached hydrogens (tertiary/aromatic N) is 1. The first-order valence-electron chi connectivity index (χ1n) is 7.27. The fourth-order valence-corrected chi connectivity index (χ4v) is 2.28. The van der Waals surface area contributed by atoms with Gasteiger partial charge in [0.2, 0.25) is 6.20 Å². The van der Waals surface area contributed by atoms with Gasteiger partial charge in [0, 0.05) is 6.07 Å². The Morgan fingerprint density at radius 3 is 2.43 bits per heavy atom. The topological polar surface area (TPSA) is 68.1 Å². The van der Waals surface area contributed by atoms with E-state index in [4.69, 9.17) is 0 Å². The van der Waals surface area contributed by atoms with Crippen molar-refractivity contribution in [3.05, 3.63) is 65.4 Å². The number of hydrogen-bond acceptors (Lipinski definition) is 2. The average Bonchev–Trinajstić information content (AvgIpc) is 2.45. The van der Waals surface area contributed by atoms with Crippen LogP contribution >= 0.6 is 0 Å². The Morgan fingerprint density at radius 2 is 1.87 bits per heavy atom. The number of carbonyl (C=O) groups is 1. The molecule has 2 amide bonds. The molecule has 122 valence electrons. The highest BCUT2D eigenvalue weighted by Gasteiger charge is 2.28. The number of benzene rings is 1. The molecule has 0 saturated carbocycles. The molecule has 23 heavy (non-hydrogen) atoms. The van der Waals surface area contributed by atoms with Crippen molar-refractivity contribution in [3.8, 4) is 0 Å². The second kappa shape index (κ2) is 6.64. The molecule has 2 rings (SSSR count). The van der Waals surface area contributed by atoms with E-state index in [1.807, 2.05) is 20.8 Å². The highest BCUT2D eigenvalue weighted by atomic mass is 19.1.